The maximum absolute atomic E-state index is 14.9. The molecular weight excluding hydrogens is 450 g/mol. The predicted octanol–water partition coefficient (Wildman–Crippen LogP) is 3.78. The van der Waals surface area contributed by atoms with Gasteiger partial charge in [0, 0.05) is 37.1 Å². The number of aromatic carboxylic acids is 1. The quantitative estimate of drug-likeness (QED) is 0.469. The molecular formula is C21H15F4N3O3S. The SMILES string of the molecule is O=C(O)c1c2n(c3cc(N4CCN(F)CC4)c(F)cc3c1=O)C(c1cc(F)ccc1F)S2. The van der Waals surface area contributed by atoms with Crippen LogP contribution >= 0.6 is 11.8 Å². The van der Waals surface area contributed by atoms with E-state index in [0.29, 0.717) is 5.12 Å². The molecule has 0 saturated carbocycles. The molecule has 1 N–H and O–H groups in total. The number of hydrogen-bond acceptors (Lipinski definition) is 5. The highest BCUT2D eigenvalue weighted by Gasteiger charge is 2.38. The topological polar surface area (TPSA) is 65.8 Å². The average molecular weight is 465 g/mol. The van der Waals surface area contributed by atoms with Crippen LogP contribution in [0, 0.1) is 17.5 Å². The van der Waals surface area contributed by atoms with Crippen molar-refractivity contribution < 1.29 is 27.6 Å². The number of nitrogens with zero attached hydrogens (tertiary/aromatic N) is 3. The number of pyridine rings is 1. The molecule has 0 amide bonds. The van der Waals surface area contributed by atoms with Crippen molar-refractivity contribution in [3.05, 3.63) is 69.1 Å². The van der Waals surface area contributed by atoms with Crippen molar-refractivity contribution in [3.8, 4) is 0 Å². The summed E-state index contributed by atoms with van der Waals surface area (Å²) >= 11 is 0.917. The minimum atomic E-state index is -1.49. The Labute approximate surface area is 182 Å². The zero-order valence-electron chi connectivity index (χ0n) is 16.3. The molecule has 5 rings (SSSR count). The van der Waals surface area contributed by atoms with E-state index in [1.165, 1.54) is 10.6 Å². The minimum Gasteiger partial charge on any atom is -0.477 e. The number of anilines is 1. The normalized spacial score (nSPS) is 18.5. The Morgan fingerprint density at radius 3 is 2.44 bits per heavy atom. The van der Waals surface area contributed by atoms with Crippen molar-refractivity contribution in [2.45, 2.75) is 10.4 Å². The monoisotopic (exact) mass is 465 g/mol. The summed E-state index contributed by atoms with van der Waals surface area (Å²) in [6.07, 6.45) is 0. The van der Waals surface area contributed by atoms with E-state index in [0.717, 1.165) is 36.0 Å². The molecule has 0 spiro atoms. The summed E-state index contributed by atoms with van der Waals surface area (Å²) in [6.45, 7) is 0.556. The molecule has 3 aromatic rings. The van der Waals surface area contributed by atoms with Crippen molar-refractivity contribution in [1.82, 2.24) is 9.69 Å². The van der Waals surface area contributed by atoms with E-state index in [-0.39, 0.29) is 53.4 Å². The predicted molar refractivity (Wildman–Crippen MR) is 110 cm³/mol. The second-order valence-electron chi connectivity index (χ2n) is 7.54. The van der Waals surface area contributed by atoms with E-state index < -0.39 is 39.8 Å². The molecule has 1 fully saturated rings. The van der Waals surface area contributed by atoms with Crippen LogP contribution in [-0.2, 0) is 0 Å². The molecule has 2 aliphatic rings. The Hall–Kier alpha value is -3.05. The highest BCUT2D eigenvalue weighted by molar-refractivity contribution is 8.00. The maximum Gasteiger partial charge on any atom is 0.342 e. The molecule has 2 aromatic carbocycles. The first-order valence-electron chi connectivity index (χ1n) is 9.68. The van der Waals surface area contributed by atoms with Crippen LogP contribution in [0.2, 0.25) is 0 Å². The van der Waals surface area contributed by atoms with Gasteiger partial charge in [-0.3, -0.25) is 4.79 Å². The summed E-state index contributed by atoms with van der Waals surface area (Å²) in [5.74, 6) is -3.61. The second kappa shape index (κ2) is 7.52. The summed E-state index contributed by atoms with van der Waals surface area (Å²) in [5.41, 5.74) is -1.11. The highest BCUT2D eigenvalue weighted by atomic mass is 32.2. The lowest BCUT2D eigenvalue weighted by molar-refractivity contribution is 0.0199. The van der Waals surface area contributed by atoms with Crippen LogP contribution in [0.25, 0.3) is 10.9 Å². The number of fused-ring (bicyclic) bond motifs is 3. The van der Waals surface area contributed by atoms with Crippen LogP contribution in [0.5, 0.6) is 0 Å². The van der Waals surface area contributed by atoms with Gasteiger partial charge in [-0.1, -0.05) is 11.8 Å². The van der Waals surface area contributed by atoms with Crippen LogP contribution in [-0.4, -0.2) is 46.9 Å². The van der Waals surface area contributed by atoms with E-state index in [1.807, 2.05) is 0 Å². The Kier molecular flexibility index (Phi) is 4.90. The molecule has 1 unspecified atom stereocenters. The summed E-state index contributed by atoms with van der Waals surface area (Å²) < 4.78 is 58.0. The lowest BCUT2D eigenvalue weighted by Gasteiger charge is -2.36. The number of halogens is 4. The molecule has 3 heterocycles. The van der Waals surface area contributed by atoms with Crippen molar-refractivity contribution in [3.63, 3.8) is 0 Å². The fourth-order valence-corrected chi connectivity index (χ4v) is 5.41. The van der Waals surface area contributed by atoms with E-state index in [1.54, 1.807) is 4.90 Å². The molecule has 1 atom stereocenters. The lowest BCUT2D eigenvalue weighted by atomic mass is 10.1. The molecule has 0 bridgehead atoms. The van der Waals surface area contributed by atoms with Crippen molar-refractivity contribution >= 4 is 34.3 Å². The van der Waals surface area contributed by atoms with Crippen LogP contribution < -0.4 is 10.3 Å². The van der Waals surface area contributed by atoms with Crippen molar-refractivity contribution in [2.24, 2.45) is 0 Å². The van der Waals surface area contributed by atoms with Crippen molar-refractivity contribution in [1.29, 1.82) is 0 Å². The van der Waals surface area contributed by atoms with Crippen LogP contribution in [0.4, 0.5) is 23.3 Å². The number of carboxylic acid groups (broad SMARTS) is 1. The molecule has 0 radical (unpaired) electrons. The molecule has 0 aliphatic carbocycles. The van der Waals surface area contributed by atoms with Gasteiger partial charge in [-0.25, -0.2) is 18.0 Å². The van der Waals surface area contributed by atoms with E-state index in [4.69, 9.17) is 0 Å². The third-order valence-electron chi connectivity index (χ3n) is 5.69. The molecule has 11 heteroatoms. The third-order valence-corrected chi connectivity index (χ3v) is 7.00. The largest absolute Gasteiger partial charge is 0.477 e. The number of carboxylic acids is 1. The standard InChI is InChI=1S/C21H15F4N3O3S/c22-10-1-2-13(23)11(7-10)19-28-15-9-16(26-3-5-27(25)6-4-26)14(24)8-12(15)18(29)17(21(30)31)20(28)32-19/h1-2,7-9,19H,3-6H2,(H,30,31). The number of hydrogen-bond donors (Lipinski definition) is 1. The van der Waals surface area contributed by atoms with E-state index >= 15 is 0 Å². The first-order valence-corrected chi connectivity index (χ1v) is 10.6. The van der Waals surface area contributed by atoms with Gasteiger partial charge in [-0.2, -0.15) is 0 Å². The molecule has 32 heavy (non-hydrogen) atoms. The van der Waals surface area contributed by atoms with Gasteiger partial charge in [0.2, 0.25) is 5.43 Å². The number of benzene rings is 2. The van der Waals surface area contributed by atoms with E-state index in [9.17, 15) is 32.3 Å². The molecule has 6 nitrogen and oxygen atoms in total. The first kappa shape index (κ1) is 20.8. The summed E-state index contributed by atoms with van der Waals surface area (Å²) in [7, 11) is 0. The summed E-state index contributed by atoms with van der Waals surface area (Å²) in [5, 5.41) is 9.24. The van der Waals surface area contributed by atoms with E-state index in [2.05, 4.69) is 0 Å². The van der Waals surface area contributed by atoms with Gasteiger partial charge >= 0.3 is 5.97 Å². The molecule has 166 valence electrons. The average Bonchev–Trinajstić information content (AvgIpc) is 2.73. The first-order chi connectivity index (χ1) is 15.3. The lowest BCUT2D eigenvalue weighted by Crippen LogP contribution is -2.43. The van der Waals surface area contributed by atoms with Crippen LogP contribution in [0.15, 0.2) is 40.2 Å². The second-order valence-corrected chi connectivity index (χ2v) is 8.61. The van der Waals surface area contributed by atoms with Gasteiger partial charge in [-0.05, 0) is 30.3 Å². The Morgan fingerprint density at radius 2 is 1.75 bits per heavy atom. The third kappa shape index (κ3) is 3.15. The van der Waals surface area contributed by atoms with Crippen LogP contribution in [0.3, 0.4) is 0 Å². The van der Waals surface area contributed by atoms with Gasteiger partial charge in [0.25, 0.3) is 0 Å². The number of piperazine rings is 1. The number of thioether (sulfide) groups is 1. The Morgan fingerprint density at radius 1 is 1.03 bits per heavy atom. The maximum atomic E-state index is 14.9. The highest BCUT2D eigenvalue weighted by Crippen LogP contribution is 2.51. The molecule has 1 aromatic heterocycles. The van der Waals surface area contributed by atoms with Gasteiger partial charge in [-0.15, -0.1) is 9.60 Å². The van der Waals surface area contributed by atoms with Gasteiger partial charge in [0.05, 0.1) is 16.2 Å². The number of rotatable bonds is 3. The summed E-state index contributed by atoms with van der Waals surface area (Å²) in [4.78, 5) is 26.2. The zero-order valence-corrected chi connectivity index (χ0v) is 17.1. The molecule has 1 saturated heterocycles. The van der Waals surface area contributed by atoms with Gasteiger partial charge in [0.15, 0.2) is 0 Å². The van der Waals surface area contributed by atoms with Crippen LogP contribution in [0.1, 0.15) is 21.3 Å². The van der Waals surface area contributed by atoms with Crippen molar-refractivity contribution in [2.75, 3.05) is 31.1 Å². The zero-order chi connectivity index (χ0) is 22.7. The summed E-state index contributed by atoms with van der Waals surface area (Å²) in [6, 6.07) is 5.28. The fourth-order valence-electron chi connectivity index (χ4n) is 4.11. The minimum absolute atomic E-state index is 0.0271. The Bertz CT molecular complexity index is 1340. The van der Waals surface area contributed by atoms with Gasteiger partial charge in [0.1, 0.15) is 28.4 Å². The number of aromatic nitrogens is 1. The number of carbonyl (C=O) groups is 1. The fraction of sp³-hybridized carbons (Fsp3) is 0.238. The van der Waals surface area contributed by atoms with Gasteiger partial charge < -0.3 is 14.6 Å². The smallest absolute Gasteiger partial charge is 0.342 e. The Balaban J connectivity index is 1.75. The molecule has 2 aliphatic heterocycles.